The minimum absolute atomic E-state index is 0.00190. The highest BCUT2D eigenvalue weighted by Gasteiger charge is 2.32. The van der Waals surface area contributed by atoms with Crippen molar-refractivity contribution in [2.24, 2.45) is 5.92 Å². The van der Waals surface area contributed by atoms with Gasteiger partial charge in [-0.1, -0.05) is 30.3 Å². The number of carbonyl (C=O) groups is 1. The fourth-order valence-electron chi connectivity index (χ4n) is 4.54. The van der Waals surface area contributed by atoms with E-state index in [-0.39, 0.29) is 18.0 Å². The largest absolute Gasteiger partial charge is 0.493 e. The molecule has 192 valence electrons. The molecule has 1 unspecified atom stereocenters. The SMILES string of the molecule is COCCCOc1cc(C(=O)N(C(C)C)C2CNC[C@@H](COCc3ccccc3)C2)ccc1OC. The second-order valence-electron chi connectivity index (χ2n) is 9.28. The third kappa shape index (κ3) is 7.95. The van der Waals surface area contributed by atoms with Crippen molar-refractivity contribution >= 4 is 5.91 Å². The molecule has 1 aliphatic rings. The summed E-state index contributed by atoms with van der Waals surface area (Å²) in [5.41, 5.74) is 1.77. The minimum Gasteiger partial charge on any atom is -0.493 e. The monoisotopic (exact) mass is 484 g/mol. The van der Waals surface area contributed by atoms with Crippen LogP contribution in [0, 0.1) is 5.92 Å². The van der Waals surface area contributed by atoms with Crippen molar-refractivity contribution in [3.8, 4) is 11.5 Å². The van der Waals surface area contributed by atoms with E-state index in [0.717, 1.165) is 25.9 Å². The molecular formula is C28H40N2O5. The molecule has 1 fully saturated rings. The normalized spacial score (nSPS) is 17.9. The van der Waals surface area contributed by atoms with Crippen LogP contribution < -0.4 is 14.8 Å². The first-order valence-electron chi connectivity index (χ1n) is 12.5. The molecule has 2 atom stereocenters. The van der Waals surface area contributed by atoms with E-state index in [1.165, 1.54) is 5.56 Å². The quantitative estimate of drug-likeness (QED) is 0.431. The molecule has 7 nitrogen and oxygen atoms in total. The summed E-state index contributed by atoms with van der Waals surface area (Å²) in [4.78, 5) is 15.7. The molecule has 0 aliphatic carbocycles. The topological polar surface area (TPSA) is 69.3 Å². The molecular weight excluding hydrogens is 444 g/mol. The van der Waals surface area contributed by atoms with Crippen LogP contribution in [-0.2, 0) is 16.1 Å². The third-order valence-electron chi connectivity index (χ3n) is 6.23. The van der Waals surface area contributed by atoms with Crippen LogP contribution in [0.2, 0.25) is 0 Å². The van der Waals surface area contributed by atoms with Crippen molar-refractivity contribution in [3.63, 3.8) is 0 Å². The zero-order valence-corrected chi connectivity index (χ0v) is 21.5. The summed E-state index contributed by atoms with van der Waals surface area (Å²) < 4.78 is 22.4. The molecule has 7 heteroatoms. The van der Waals surface area contributed by atoms with E-state index in [9.17, 15) is 4.79 Å². The van der Waals surface area contributed by atoms with Gasteiger partial charge in [0.05, 0.1) is 26.9 Å². The Kier molecular flexibility index (Phi) is 10.8. The van der Waals surface area contributed by atoms with Crippen molar-refractivity contribution in [1.29, 1.82) is 0 Å². The number of carbonyl (C=O) groups excluding carboxylic acids is 1. The van der Waals surface area contributed by atoms with E-state index in [4.69, 9.17) is 18.9 Å². The summed E-state index contributed by atoms with van der Waals surface area (Å²) >= 11 is 0. The Morgan fingerprint density at radius 3 is 2.57 bits per heavy atom. The van der Waals surface area contributed by atoms with Gasteiger partial charge in [-0.3, -0.25) is 4.79 Å². The second kappa shape index (κ2) is 14.1. The maximum absolute atomic E-state index is 13.7. The molecule has 0 aromatic heterocycles. The van der Waals surface area contributed by atoms with Crippen molar-refractivity contribution in [3.05, 3.63) is 59.7 Å². The summed E-state index contributed by atoms with van der Waals surface area (Å²) in [5, 5.41) is 3.51. The van der Waals surface area contributed by atoms with Gasteiger partial charge < -0.3 is 29.2 Å². The molecule has 1 saturated heterocycles. The summed E-state index contributed by atoms with van der Waals surface area (Å²) in [6.45, 7) is 8.19. The Bertz CT molecular complexity index is 905. The van der Waals surface area contributed by atoms with Gasteiger partial charge in [0.25, 0.3) is 5.91 Å². The molecule has 35 heavy (non-hydrogen) atoms. The summed E-state index contributed by atoms with van der Waals surface area (Å²) in [5.74, 6) is 1.54. The van der Waals surface area contributed by atoms with Crippen LogP contribution >= 0.6 is 0 Å². The average molecular weight is 485 g/mol. The first-order valence-corrected chi connectivity index (χ1v) is 12.5. The Balaban J connectivity index is 1.64. The van der Waals surface area contributed by atoms with Gasteiger partial charge >= 0.3 is 0 Å². The lowest BCUT2D eigenvalue weighted by atomic mass is 9.94. The molecule has 2 aromatic carbocycles. The highest BCUT2D eigenvalue weighted by atomic mass is 16.5. The van der Waals surface area contributed by atoms with Gasteiger partial charge in [0.2, 0.25) is 0 Å². The molecule has 0 radical (unpaired) electrons. The molecule has 0 spiro atoms. The smallest absolute Gasteiger partial charge is 0.254 e. The number of nitrogens with one attached hydrogen (secondary N) is 1. The maximum Gasteiger partial charge on any atom is 0.254 e. The van der Waals surface area contributed by atoms with Gasteiger partial charge in [0.1, 0.15) is 0 Å². The average Bonchev–Trinajstić information content (AvgIpc) is 2.87. The van der Waals surface area contributed by atoms with Gasteiger partial charge in [-0.15, -0.1) is 0 Å². The van der Waals surface area contributed by atoms with Crippen LogP contribution in [0.1, 0.15) is 42.6 Å². The Labute approximate surface area is 209 Å². The van der Waals surface area contributed by atoms with E-state index >= 15 is 0 Å². The zero-order valence-electron chi connectivity index (χ0n) is 21.5. The van der Waals surface area contributed by atoms with Gasteiger partial charge in [-0.05, 0) is 49.9 Å². The maximum atomic E-state index is 13.7. The predicted molar refractivity (Wildman–Crippen MR) is 137 cm³/mol. The highest BCUT2D eigenvalue weighted by molar-refractivity contribution is 5.95. The molecule has 2 aromatic rings. The van der Waals surface area contributed by atoms with Crippen molar-refractivity contribution in [1.82, 2.24) is 10.2 Å². The lowest BCUT2D eigenvalue weighted by Gasteiger charge is -2.40. The number of piperidine rings is 1. The number of hydrogen-bond donors (Lipinski definition) is 1. The number of benzene rings is 2. The molecule has 1 amide bonds. The fraction of sp³-hybridized carbons (Fsp3) is 0.536. The number of amides is 1. The summed E-state index contributed by atoms with van der Waals surface area (Å²) in [6.07, 6.45) is 1.67. The number of ether oxygens (including phenoxy) is 4. The highest BCUT2D eigenvalue weighted by Crippen LogP contribution is 2.30. The van der Waals surface area contributed by atoms with Crippen LogP contribution in [0.5, 0.6) is 11.5 Å². The molecule has 0 bridgehead atoms. The lowest BCUT2D eigenvalue weighted by molar-refractivity contribution is 0.0377. The van der Waals surface area contributed by atoms with Gasteiger partial charge in [0.15, 0.2) is 11.5 Å². The van der Waals surface area contributed by atoms with Crippen LogP contribution in [0.4, 0.5) is 0 Å². The number of nitrogens with zero attached hydrogens (tertiary/aromatic N) is 1. The van der Waals surface area contributed by atoms with Crippen LogP contribution in [0.15, 0.2) is 48.5 Å². The molecule has 1 N–H and O–H groups in total. The number of hydrogen-bond acceptors (Lipinski definition) is 6. The summed E-state index contributed by atoms with van der Waals surface area (Å²) in [6, 6.07) is 15.8. The van der Waals surface area contributed by atoms with Crippen molar-refractivity contribution in [2.75, 3.05) is 47.1 Å². The van der Waals surface area contributed by atoms with Crippen LogP contribution in [0.25, 0.3) is 0 Å². The molecule has 1 heterocycles. The lowest BCUT2D eigenvalue weighted by Crippen LogP contribution is -2.54. The molecule has 0 saturated carbocycles. The Morgan fingerprint density at radius 2 is 1.86 bits per heavy atom. The van der Waals surface area contributed by atoms with E-state index in [1.807, 2.05) is 29.2 Å². The van der Waals surface area contributed by atoms with E-state index < -0.39 is 0 Å². The Hall–Kier alpha value is -2.61. The van der Waals surface area contributed by atoms with E-state index in [1.54, 1.807) is 26.4 Å². The van der Waals surface area contributed by atoms with Gasteiger partial charge in [-0.25, -0.2) is 0 Å². The minimum atomic E-state index is 0.00190. The fourth-order valence-corrected chi connectivity index (χ4v) is 4.54. The molecule has 1 aliphatic heterocycles. The van der Waals surface area contributed by atoms with E-state index in [0.29, 0.717) is 49.4 Å². The first-order chi connectivity index (χ1) is 17.0. The van der Waals surface area contributed by atoms with Crippen molar-refractivity contribution < 1.29 is 23.7 Å². The van der Waals surface area contributed by atoms with E-state index in [2.05, 4.69) is 31.3 Å². The standard InChI is InChI=1S/C28H40N2O5/c1-21(2)30(25-15-23(17-29-18-25)20-34-19-22-9-6-5-7-10-22)28(31)24-11-12-26(33-4)27(16-24)35-14-8-13-32-3/h5-7,9-12,16,21,23,25,29H,8,13-15,17-20H2,1-4H3/t23-,25?/m0/s1. The zero-order chi connectivity index (χ0) is 25.0. The Morgan fingerprint density at radius 1 is 1.06 bits per heavy atom. The van der Waals surface area contributed by atoms with Gasteiger partial charge in [0, 0.05) is 50.9 Å². The number of methoxy groups -OCH3 is 2. The van der Waals surface area contributed by atoms with Crippen LogP contribution in [0.3, 0.4) is 0 Å². The summed E-state index contributed by atoms with van der Waals surface area (Å²) in [7, 11) is 3.27. The molecule has 3 rings (SSSR count). The predicted octanol–water partition coefficient (Wildman–Crippen LogP) is 4.16. The van der Waals surface area contributed by atoms with Gasteiger partial charge in [-0.2, -0.15) is 0 Å². The van der Waals surface area contributed by atoms with Crippen molar-refractivity contribution in [2.45, 2.75) is 45.4 Å². The second-order valence-corrected chi connectivity index (χ2v) is 9.28. The third-order valence-corrected chi connectivity index (χ3v) is 6.23. The van der Waals surface area contributed by atoms with Crippen LogP contribution in [-0.4, -0.2) is 70.0 Å². The number of rotatable bonds is 13. The first kappa shape index (κ1) is 27.0.